The number of Topliss-reactive ketones (excluding diaryl/α,β-unsaturated/α-hetero) is 1. The summed E-state index contributed by atoms with van der Waals surface area (Å²) in [4.78, 5) is 11.4. The lowest BCUT2D eigenvalue weighted by Crippen LogP contribution is -2.13. The Kier molecular flexibility index (Phi) is 4.54. The lowest BCUT2D eigenvalue weighted by molar-refractivity contribution is -0.143. The van der Waals surface area contributed by atoms with E-state index in [1.54, 1.807) is 0 Å². The summed E-state index contributed by atoms with van der Waals surface area (Å²) >= 11 is 3.71. The molecule has 106 valence electrons. The van der Waals surface area contributed by atoms with Crippen LogP contribution in [0.4, 0.5) is 26.3 Å². The number of thiol groups is 1. The van der Waals surface area contributed by atoms with E-state index in [1.807, 2.05) is 0 Å². The van der Waals surface area contributed by atoms with E-state index in [4.69, 9.17) is 0 Å². The van der Waals surface area contributed by atoms with Gasteiger partial charge in [0.05, 0.1) is 11.1 Å². The van der Waals surface area contributed by atoms with Crippen LogP contribution in [0.3, 0.4) is 0 Å². The molecular formula is C11H8F6OS. The zero-order valence-electron chi connectivity index (χ0n) is 9.27. The van der Waals surface area contributed by atoms with Crippen molar-refractivity contribution in [1.82, 2.24) is 0 Å². The molecule has 0 aromatic heterocycles. The molecule has 0 spiro atoms. The monoisotopic (exact) mass is 302 g/mol. The van der Waals surface area contributed by atoms with Gasteiger partial charge in [-0.2, -0.15) is 39.0 Å². The second kappa shape index (κ2) is 5.44. The molecule has 0 aliphatic rings. The molecule has 0 saturated heterocycles. The minimum Gasteiger partial charge on any atom is -0.294 e. The Morgan fingerprint density at radius 1 is 0.947 bits per heavy atom. The highest BCUT2D eigenvalue weighted by Gasteiger charge is 2.37. The summed E-state index contributed by atoms with van der Waals surface area (Å²) in [5.41, 5.74) is -3.61. The van der Waals surface area contributed by atoms with E-state index in [0.717, 1.165) is 0 Å². The molecule has 1 aromatic rings. The zero-order chi connectivity index (χ0) is 14.8. The van der Waals surface area contributed by atoms with Gasteiger partial charge < -0.3 is 0 Å². The third-order valence-corrected chi connectivity index (χ3v) is 2.47. The summed E-state index contributed by atoms with van der Waals surface area (Å²) in [6.45, 7) is 0. The number of carbonyl (C=O) groups is 1. The van der Waals surface area contributed by atoms with Gasteiger partial charge in [0.2, 0.25) is 0 Å². The molecule has 0 atom stereocenters. The third kappa shape index (κ3) is 4.15. The van der Waals surface area contributed by atoms with Crippen molar-refractivity contribution in [3.63, 3.8) is 0 Å². The van der Waals surface area contributed by atoms with Crippen molar-refractivity contribution < 1.29 is 31.1 Å². The van der Waals surface area contributed by atoms with Gasteiger partial charge in [-0.15, -0.1) is 0 Å². The van der Waals surface area contributed by atoms with Crippen LogP contribution < -0.4 is 0 Å². The lowest BCUT2D eigenvalue weighted by Gasteiger charge is -2.13. The van der Waals surface area contributed by atoms with Gasteiger partial charge in [0.15, 0.2) is 5.78 Å². The normalized spacial score (nSPS) is 12.6. The summed E-state index contributed by atoms with van der Waals surface area (Å²) < 4.78 is 74.9. The van der Waals surface area contributed by atoms with Crippen molar-refractivity contribution in [3.8, 4) is 0 Å². The molecule has 8 heteroatoms. The van der Waals surface area contributed by atoms with E-state index in [1.165, 1.54) is 0 Å². The van der Waals surface area contributed by atoms with Crippen LogP contribution in [0.2, 0.25) is 0 Å². The molecule has 0 fully saturated rings. The predicted molar refractivity (Wildman–Crippen MR) is 59.2 cm³/mol. The lowest BCUT2D eigenvalue weighted by atomic mass is 10.0. The van der Waals surface area contributed by atoms with Gasteiger partial charge in [-0.1, -0.05) is 0 Å². The Bertz CT molecular complexity index is 445. The smallest absolute Gasteiger partial charge is 0.294 e. The van der Waals surface area contributed by atoms with Crippen molar-refractivity contribution in [2.45, 2.75) is 18.8 Å². The van der Waals surface area contributed by atoms with E-state index in [0.29, 0.717) is 12.1 Å². The van der Waals surface area contributed by atoms with Crippen molar-refractivity contribution in [3.05, 3.63) is 34.9 Å². The molecule has 0 unspecified atom stereocenters. The van der Waals surface area contributed by atoms with Gasteiger partial charge in [-0.3, -0.25) is 4.79 Å². The van der Waals surface area contributed by atoms with Crippen molar-refractivity contribution in [1.29, 1.82) is 0 Å². The summed E-state index contributed by atoms with van der Waals surface area (Å²) in [5.74, 6) is -0.775. The van der Waals surface area contributed by atoms with Crippen LogP contribution in [-0.2, 0) is 12.4 Å². The molecule has 0 saturated carbocycles. The Balaban J connectivity index is 3.37. The quantitative estimate of drug-likeness (QED) is 0.502. The molecule has 0 N–H and O–H groups in total. The standard InChI is InChI=1S/C11H8F6OS/c12-10(13,14)7-3-6(9(18)1-2-19)4-8(5-7)11(15,16)17/h3-5,19H,1-2H2. The number of ketones is 1. The maximum Gasteiger partial charge on any atom is 0.416 e. The Morgan fingerprint density at radius 3 is 1.68 bits per heavy atom. The highest BCUT2D eigenvalue weighted by atomic mass is 32.1. The highest BCUT2D eigenvalue weighted by Crippen LogP contribution is 2.36. The first-order valence-corrected chi connectivity index (χ1v) is 5.62. The Hall–Kier alpha value is -1.18. The molecule has 0 heterocycles. The first kappa shape index (κ1) is 15.9. The molecule has 0 aliphatic carbocycles. The Morgan fingerprint density at radius 2 is 1.37 bits per heavy atom. The average molecular weight is 302 g/mol. The summed E-state index contributed by atoms with van der Waals surface area (Å²) in [7, 11) is 0. The van der Waals surface area contributed by atoms with E-state index >= 15 is 0 Å². The second-order valence-electron chi connectivity index (χ2n) is 3.69. The maximum atomic E-state index is 12.5. The molecule has 1 nitrogen and oxygen atoms in total. The fourth-order valence-electron chi connectivity index (χ4n) is 1.36. The van der Waals surface area contributed by atoms with Gasteiger partial charge in [-0.25, -0.2) is 0 Å². The van der Waals surface area contributed by atoms with Gasteiger partial charge in [0.25, 0.3) is 0 Å². The predicted octanol–water partition coefficient (Wildman–Crippen LogP) is 4.23. The van der Waals surface area contributed by atoms with E-state index < -0.39 is 34.8 Å². The maximum absolute atomic E-state index is 12.5. The second-order valence-corrected chi connectivity index (χ2v) is 4.14. The van der Waals surface area contributed by atoms with Crippen LogP contribution in [0, 0.1) is 0 Å². The van der Waals surface area contributed by atoms with E-state index in [-0.39, 0.29) is 18.2 Å². The first-order chi connectivity index (χ1) is 8.55. The minimum absolute atomic E-state index is 0.0164. The summed E-state index contributed by atoms with van der Waals surface area (Å²) in [5, 5.41) is 0. The first-order valence-electron chi connectivity index (χ1n) is 4.99. The molecule has 0 bridgehead atoms. The molecule has 0 aliphatic heterocycles. The number of hydrogen-bond donors (Lipinski definition) is 1. The zero-order valence-corrected chi connectivity index (χ0v) is 10.2. The summed E-state index contributed by atoms with van der Waals surface area (Å²) in [6.07, 6.45) is -10.1. The Labute approximate surface area is 110 Å². The molecule has 1 rings (SSSR count). The number of benzene rings is 1. The fraction of sp³-hybridized carbons (Fsp3) is 0.364. The van der Waals surface area contributed by atoms with Crippen LogP contribution in [0.1, 0.15) is 27.9 Å². The largest absolute Gasteiger partial charge is 0.416 e. The number of alkyl halides is 6. The molecule has 19 heavy (non-hydrogen) atoms. The van der Waals surface area contributed by atoms with Crippen LogP contribution in [-0.4, -0.2) is 11.5 Å². The van der Waals surface area contributed by atoms with E-state index in [2.05, 4.69) is 12.6 Å². The molecule has 1 aromatic carbocycles. The number of rotatable bonds is 3. The summed E-state index contributed by atoms with van der Waals surface area (Å²) in [6, 6.07) is 0.819. The fourth-order valence-corrected chi connectivity index (χ4v) is 1.56. The van der Waals surface area contributed by atoms with Crippen molar-refractivity contribution in [2.75, 3.05) is 5.75 Å². The van der Waals surface area contributed by atoms with Crippen LogP contribution in [0.25, 0.3) is 0 Å². The van der Waals surface area contributed by atoms with Crippen molar-refractivity contribution >= 4 is 18.4 Å². The molecule has 0 amide bonds. The number of halogens is 6. The average Bonchev–Trinajstić information content (AvgIpc) is 2.26. The van der Waals surface area contributed by atoms with Crippen LogP contribution >= 0.6 is 12.6 Å². The third-order valence-electron chi connectivity index (χ3n) is 2.25. The highest BCUT2D eigenvalue weighted by molar-refractivity contribution is 7.80. The number of hydrogen-bond acceptors (Lipinski definition) is 2. The molecule has 0 radical (unpaired) electrons. The SMILES string of the molecule is O=C(CCS)c1cc(C(F)(F)F)cc(C(F)(F)F)c1. The van der Waals surface area contributed by atoms with Gasteiger partial charge in [-0.05, 0) is 24.0 Å². The topological polar surface area (TPSA) is 17.1 Å². The van der Waals surface area contributed by atoms with E-state index in [9.17, 15) is 31.1 Å². The van der Waals surface area contributed by atoms with Crippen LogP contribution in [0.5, 0.6) is 0 Å². The number of carbonyl (C=O) groups excluding carboxylic acids is 1. The minimum atomic E-state index is -4.95. The van der Waals surface area contributed by atoms with Gasteiger partial charge in [0, 0.05) is 12.0 Å². The van der Waals surface area contributed by atoms with Crippen molar-refractivity contribution in [2.24, 2.45) is 0 Å². The molecular weight excluding hydrogens is 294 g/mol. The van der Waals surface area contributed by atoms with Gasteiger partial charge in [0.1, 0.15) is 0 Å². The van der Waals surface area contributed by atoms with Crippen LogP contribution in [0.15, 0.2) is 18.2 Å². The van der Waals surface area contributed by atoms with Gasteiger partial charge >= 0.3 is 12.4 Å².